The van der Waals surface area contributed by atoms with Gasteiger partial charge in [0.1, 0.15) is 5.54 Å². The lowest BCUT2D eigenvalue weighted by molar-refractivity contribution is -0.137. The summed E-state index contributed by atoms with van der Waals surface area (Å²) in [5.41, 5.74) is 1.88. The molecule has 3 nitrogen and oxygen atoms in total. The molecule has 0 aromatic heterocycles. The maximum absolute atomic E-state index is 13.5. The van der Waals surface area contributed by atoms with Gasteiger partial charge >= 0.3 is 6.18 Å². The molecule has 0 atom stereocenters. The molecule has 1 saturated heterocycles. The molecule has 5 rings (SSSR count). The van der Waals surface area contributed by atoms with Crippen LogP contribution < -0.4 is 0 Å². The fourth-order valence-electron chi connectivity index (χ4n) is 4.49. The first-order valence-electron chi connectivity index (χ1n) is 10.9. The van der Waals surface area contributed by atoms with Crippen LogP contribution in [0, 0.1) is 0 Å². The largest absolute Gasteiger partial charge is 0.416 e. The van der Waals surface area contributed by atoms with E-state index in [1.165, 1.54) is 12.1 Å². The topological polar surface area (TPSA) is 29.5 Å². The summed E-state index contributed by atoms with van der Waals surface area (Å²) in [6.07, 6.45) is -4.37. The van der Waals surface area contributed by atoms with Crippen molar-refractivity contribution in [2.24, 2.45) is 0 Å². The average Bonchev–Trinajstić information content (AvgIpc) is 2.82. The van der Waals surface area contributed by atoms with Gasteiger partial charge in [0.25, 0.3) is 5.91 Å². The van der Waals surface area contributed by atoms with Crippen LogP contribution in [0.5, 0.6) is 0 Å². The molecule has 4 aromatic rings. The Morgan fingerprint density at radius 2 is 1.59 bits per heavy atom. The molecule has 1 fully saturated rings. The van der Waals surface area contributed by atoms with Crippen molar-refractivity contribution in [3.8, 4) is 11.1 Å². The van der Waals surface area contributed by atoms with Crippen molar-refractivity contribution in [3.63, 3.8) is 0 Å². The molecule has 0 bridgehead atoms. The number of carbonyl (C=O) groups is 1. The van der Waals surface area contributed by atoms with Gasteiger partial charge in [0, 0.05) is 12.6 Å². The number of alkyl halides is 3. The summed E-state index contributed by atoms with van der Waals surface area (Å²) in [4.78, 5) is 15.2. The van der Waals surface area contributed by atoms with Gasteiger partial charge < -0.3 is 9.64 Å². The molecule has 0 N–H and O–H groups in total. The number of halogens is 3. The van der Waals surface area contributed by atoms with Crippen LogP contribution in [-0.4, -0.2) is 31.1 Å². The van der Waals surface area contributed by atoms with Crippen LogP contribution in [0.4, 0.5) is 13.2 Å². The summed E-state index contributed by atoms with van der Waals surface area (Å²) < 4.78 is 44.3. The van der Waals surface area contributed by atoms with E-state index in [2.05, 4.69) is 0 Å². The number of hydrogen-bond donors (Lipinski definition) is 0. The van der Waals surface area contributed by atoms with Crippen LogP contribution in [0.2, 0.25) is 0 Å². The first kappa shape index (κ1) is 22.2. The van der Waals surface area contributed by atoms with Gasteiger partial charge in [0.15, 0.2) is 0 Å². The van der Waals surface area contributed by atoms with Crippen molar-refractivity contribution in [1.82, 2.24) is 4.90 Å². The molecule has 0 aliphatic carbocycles. The van der Waals surface area contributed by atoms with Gasteiger partial charge in [0.2, 0.25) is 0 Å². The summed E-state index contributed by atoms with van der Waals surface area (Å²) in [5, 5.41) is 1.71. The van der Waals surface area contributed by atoms with Gasteiger partial charge in [-0.1, -0.05) is 66.7 Å². The zero-order chi connectivity index (χ0) is 23.9. The molecule has 172 valence electrons. The number of ether oxygens (including phenoxy) is 1. The zero-order valence-corrected chi connectivity index (χ0v) is 18.5. The number of benzene rings is 4. The van der Waals surface area contributed by atoms with E-state index in [-0.39, 0.29) is 5.91 Å². The van der Waals surface area contributed by atoms with E-state index in [1.807, 2.05) is 60.7 Å². The van der Waals surface area contributed by atoms with E-state index < -0.39 is 17.3 Å². The number of amides is 1. The lowest BCUT2D eigenvalue weighted by Crippen LogP contribution is -2.59. The van der Waals surface area contributed by atoms with Gasteiger partial charge in [-0.15, -0.1) is 0 Å². The van der Waals surface area contributed by atoms with E-state index in [9.17, 15) is 18.0 Å². The Hall–Kier alpha value is -3.64. The van der Waals surface area contributed by atoms with Crippen molar-refractivity contribution in [2.45, 2.75) is 11.7 Å². The normalized spacial score (nSPS) is 15.1. The van der Waals surface area contributed by atoms with Crippen LogP contribution in [0.1, 0.15) is 21.5 Å². The molecule has 1 heterocycles. The van der Waals surface area contributed by atoms with E-state index in [4.69, 9.17) is 4.74 Å². The summed E-state index contributed by atoms with van der Waals surface area (Å²) in [6, 6.07) is 26.1. The zero-order valence-electron chi connectivity index (χ0n) is 18.5. The second-order valence-corrected chi connectivity index (χ2v) is 8.57. The van der Waals surface area contributed by atoms with Crippen LogP contribution >= 0.6 is 0 Å². The average molecular weight is 461 g/mol. The predicted octanol–water partition coefficient (Wildman–Crippen LogP) is 6.52. The van der Waals surface area contributed by atoms with E-state index in [0.717, 1.165) is 34.0 Å². The van der Waals surface area contributed by atoms with Crippen molar-refractivity contribution >= 4 is 16.7 Å². The minimum Gasteiger partial charge on any atom is -0.376 e. The Morgan fingerprint density at radius 3 is 2.21 bits per heavy atom. The molecular weight excluding hydrogens is 439 g/mol. The lowest BCUT2D eigenvalue weighted by atomic mass is 9.85. The minimum atomic E-state index is -4.37. The first-order valence-corrected chi connectivity index (χ1v) is 10.9. The van der Waals surface area contributed by atoms with E-state index in [1.54, 1.807) is 18.0 Å². The molecule has 0 radical (unpaired) electrons. The third-order valence-electron chi connectivity index (χ3n) is 6.59. The third-order valence-corrected chi connectivity index (χ3v) is 6.59. The third kappa shape index (κ3) is 3.74. The van der Waals surface area contributed by atoms with Gasteiger partial charge in [-0.2, -0.15) is 13.2 Å². The number of nitrogens with zero attached hydrogens (tertiary/aromatic N) is 1. The van der Waals surface area contributed by atoms with E-state index in [0.29, 0.717) is 24.3 Å². The Kier molecular flexibility index (Phi) is 5.41. The van der Waals surface area contributed by atoms with Crippen LogP contribution in [0.25, 0.3) is 21.9 Å². The molecule has 1 aliphatic heterocycles. The highest BCUT2D eigenvalue weighted by Gasteiger charge is 2.46. The summed E-state index contributed by atoms with van der Waals surface area (Å²) in [6.45, 7) is 0.871. The second kappa shape index (κ2) is 8.29. The molecule has 0 saturated carbocycles. The second-order valence-electron chi connectivity index (χ2n) is 8.57. The number of rotatable bonds is 4. The van der Waals surface area contributed by atoms with Crippen molar-refractivity contribution in [3.05, 3.63) is 108 Å². The van der Waals surface area contributed by atoms with Crippen molar-refractivity contribution in [2.75, 3.05) is 20.3 Å². The van der Waals surface area contributed by atoms with Crippen LogP contribution in [0.3, 0.4) is 0 Å². The summed E-state index contributed by atoms with van der Waals surface area (Å²) in [5.74, 6) is -0.117. The first-order chi connectivity index (χ1) is 16.3. The van der Waals surface area contributed by atoms with Gasteiger partial charge in [-0.25, -0.2) is 0 Å². The molecule has 0 spiro atoms. The molecule has 6 heteroatoms. The van der Waals surface area contributed by atoms with Crippen LogP contribution in [-0.2, 0) is 16.5 Å². The molecule has 34 heavy (non-hydrogen) atoms. The monoisotopic (exact) mass is 461 g/mol. The molecule has 1 aliphatic rings. The van der Waals surface area contributed by atoms with E-state index >= 15 is 0 Å². The summed E-state index contributed by atoms with van der Waals surface area (Å²) >= 11 is 0. The molecule has 0 unspecified atom stereocenters. The van der Waals surface area contributed by atoms with Gasteiger partial charge in [0.05, 0.1) is 18.8 Å². The standard InChI is InChI=1S/C28H22F3NO2/c1-32(27(17-34-18-27)22-7-3-2-4-8-22)26(33)21-12-15-25-20(16-21)6-5-9-24(25)19-10-13-23(14-11-19)28(29,30)31/h2-16H,17-18H2,1H3. The highest BCUT2D eigenvalue weighted by atomic mass is 19.4. The maximum atomic E-state index is 13.5. The van der Waals surface area contributed by atoms with Gasteiger partial charge in [-0.3, -0.25) is 4.79 Å². The van der Waals surface area contributed by atoms with Crippen molar-refractivity contribution in [1.29, 1.82) is 0 Å². The lowest BCUT2D eigenvalue weighted by Gasteiger charge is -2.48. The fraction of sp³-hybridized carbons (Fsp3) is 0.179. The molecular formula is C28H22F3NO2. The molecule has 4 aromatic carbocycles. The summed E-state index contributed by atoms with van der Waals surface area (Å²) in [7, 11) is 1.79. The SMILES string of the molecule is CN(C(=O)c1ccc2c(-c3ccc(C(F)(F)F)cc3)cccc2c1)C1(c2ccccc2)COC1. The maximum Gasteiger partial charge on any atom is 0.416 e. The number of hydrogen-bond acceptors (Lipinski definition) is 2. The Morgan fingerprint density at radius 1 is 0.882 bits per heavy atom. The Balaban J connectivity index is 1.48. The van der Waals surface area contributed by atoms with Crippen LogP contribution in [0.15, 0.2) is 91.0 Å². The quantitative estimate of drug-likeness (QED) is 0.346. The highest BCUT2D eigenvalue weighted by molar-refractivity contribution is 6.03. The Labute approximate surface area is 195 Å². The number of fused-ring (bicyclic) bond motifs is 1. The number of likely N-dealkylation sites (N-methyl/N-ethyl adjacent to an activating group) is 1. The minimum absolute atomic E-state index is 0.117. The highest BCUT2D eigenvalue weighted by Crippen LogP contribution is 2.37. The predicted molar refractivity (Wildman–Crippen MR) is 125 cm³/mol. The smallest absolute Gasteiger partial charge is 0.376 e. The Bertz CT molecular complexity index is 1340. The fourth-order valence-corrected chi connectivity index (χ4v) is 4.49. The van der Waals surface area contributed by atoms with Crippen molar-refractivity contribution < 1.29 is 22.7 Å². The molecule has 1 amide bonds. The van der Waals surface area contributed by atoms with Gasteiger partial charge in [-0.05, 0) is 51.7 Å². The number of carbonyl (C=O) groups excluding carboxylic acids is 1.